The first-order valence-electron chi connectivity index (χ1n) is 8.57. The van der Waals surface area contributed by atoms with Crippen molar-refractivity contribution in [1.29, 1.82) is 0 Å². The van der Waals surface area contributed by atoms with Crippen molar-refractivity contribution in [3.8, 4) is 5.75 Å². The summed E-state index contributed by atoms with van der Waals surface area (Å²) in [6.45, 7) is 0.385. The quantitative estimate of drug-likeness (QED) is 0.565. The van der Waals surface area contributed by atoms with Gasteiger partial charge in [-0.1, -0.05) is 23.5 Å². The number of hydrogen-bond donors (Lipinski definition) is 0. The van der Waals surface area contributed by atoms with Gasteiger partial charge in [0.05, 0.1) is 21.7 Å². The fourth-order valence-electron chi connectivity index (χ4n) is 2.61. The van der Waals surface area contributed by atoms with Gasteiger partial charge in [-0.05, 0) is 30.3 Å². The van der Waals surface area contributed by atoms with E-state index in [2.05, 4.69) is 4.99 Å². The van der Waals surface area contributed by atoms with E-state index < -0.39 is 28.2 Å². The molecule has 0 unspecified atom stereocenters. The smallest absolute Gasteiger partial charge is 0.286 e. The molecule has 29 heavy (non-hydrogen) atoms. The van der Waals surface area contributed by atoms with Gasteiger partial charge in [0, 0.05) is 19.9 Å². The molecule has 1 heterocycles. The maximum atomic E-state index is 13.6. The van der Waals surface area contributed by atoms with Crippen LogP contribution in [0.2, 0.25) is 0 Å². The van der Waals surface area contributed by atoms with E-state index in [1.807, 2.05) is 0 Å². The zero-order valence-corrected chi connectivity index (χ0v) is 17.4. The van der Waals surface area contributed by atoms with Crippen molar-refractivity contribution >= 4 is 37.3 Å². The first-order valence-corrected chi connectivity index (χ1v) is 11.3. The highest BCUT2D eigenvalue weighted by Gasteiger charge is 2.13. The average Bonchev–Trinajstić information content (AvgIpc) is 3.01. The highest BCUT2D eigenvalue weighted by Crippen LogP contribution is 2.22. The Bertz CT molecular complexity index is 1210. The second-order valence-corrected chi connectivity index (χ2v) is 9.18. The van der Waals surface area contributed by atoms with Crippen molar-refractivity contribution in [2.24, 2.45) is 4.99 Å². The fourth-order valence-corrected chi connectivity index (χ4v) is 4.44. The summed E-state index contributed by atoms with van der Waals surface area (Å²) in [5, 5.41) is 0. The van der Waals surface area contributed by atoms with Crippen LogP contribution in [0.4, 0.5) is 4.39 Å². The molecule has 0 spiro atoms. The maximum Gasteiger partial charge on any atom is 0.286 e. The lowest BCUT2D eigenvalue weighted by Crippen LogP contribution is -2.21. The number of thiazole rings is 1. The summed E-state index contributed by atoms with van der Waals surface area (Å²) in [5.74, 6) is -1.18. The molecule has 0 N–H and O–H groups in total. The van der Waals surface area contributed by atoms with E-state index in [4.69, 9.17) is 9.47 Å². The number of hydrogen-bond acceptors (Lipinski definition) is 6. The van der Waals surface area contributed by atoms with Crippen LogP contribution in [0, 0.1) is 5.82 Å². The molecule has 7 nitrogen and oxygen atoms in total. The van der Waals surface area contributed by atoms with Gasteiger partial charge in [-0.25, -0.2) is 12.8 Å². The Morgan fingerprint density at radius 3 is 2.69 bits per heavy atom. The van der Waals surface area contributed by atoms with Crippen molar-refractivity contribution in [2.75, 3.05) is 26.6 Å². The van der Waals surface area contributed by atoms with Crippen LogP contribution in [0.25, 0.3) is 10.2 Å². The molecule has 0 atom stereocenters. The van der Waals surface area contributed by atoms with Gasteiger partial charge in [0.1, 0.15) is 0 Å². The Balaban J connectivity index is 1.95. The van der Waals surface area contributed by atoms with Crippen LogP contribution < -0.4 is 9.54 Å². The topological polar surface area (TPSA) is 87.0 Å². The van der Waals surface area contributed by atoms with Gasteiger partial charge in [-0.15, -0.1) is 0 Å². The Labute approximate surface area is 171 Å². The van der Waals surface area contributed by atoms with Crippen LogP contribution >= 0.6 is 11.3 Å². The van der Waals surface area contributed by atoms with E-state index in [0.29, 0.717) is 22.7 Å². The molecule has 2 aromatic carbocycles. The summed E-state index contributed by atoms with van der Waals surface area (Å²) in [6, 6.07) is 10.5. The number of rotatable bonds is 7. The second kappa shape index (κ2) is 8.85. The normalized spacial score (nSPS) is 12.4. The summed E-state index contributed by atoms with van der Waals surface area (Å²) in [4.78, 5) is 16.9. The van der Waals surface area contributed by atoms with Gasteiger partial charge >= 0.3 is 0 Å². The van der Waals surface area contributed by atoms with Gasteiger partial charge in [-0.2, -0.15) is 4.99 Å². The first kappa shape index (κ1) is 21.2. The number of amides is 1. The molecular formula is C19H19FN2O5S2. The minimum Gasteiger partial charge on any atom is -0.481 e. The lowest BCUT2D eigenvalue weighted by Gasteiger charge is -2.05. The van der Waals surface area contributed by atoms with Crippen LogP contribution in [-0.2, 0) is 25.9 Å². The van der Waals surface area contributed by atoms with E-state index in [9.17, 15) is 17.6 Å². The number of carbonyl (C=O) groups is 1. The molecular weight excluding hydrogens is 419 g/mol. The zero-order valence-electron chi connectivity index (χ0n) is 15.8. The van der Waals surface area contributed by atoms with Crippen molar-refractivity contribution in [1.82, 2.24) is 4.57 Å². The Kier molecular flexibility index (Phi) is 6.46. The van der Waals surface area contributed by atoms with E-state index in [1.165, 1.54) is 35.6 Å². The van der Waals surface area contributed by atoms with Gasteiger partial charge in [0.15, 0.2) is 32.8 Å². The Hall–Kier alpha value is -2.56. The lowest BCUT2D eigenvalue weighted by molar-refractivity contribution is -0.120. The number of aromatic nitrogens is 1. The van der Waals surface area contributed by atoms with Crippen LogP contribution in [0.3, 0.4) is 0 Å². The molecule has 0 aliphatic heterocycles. The molecule has 0 aliphatic rings. The molecule has 0 saturated heterocycles. The minimum atomic E-state index is -3.36. The number of fused-ring (bicyclic) bond motifs is 1. The number of benzene rings is 2. The molecule has 3 aromatic rings. The maximum absolute atomic E-state index is 13.6. The van der Waals surface area contributed by atoms with Crippen molar-refractivity contribution in [2.45, 2.75) is 11.4 Å². The Morgan fingerprint density at radius 1 is 1.24 bits per heavy atom. The molecule has 1 aromatic heterocycles. The lowest BCUT2D eigenvalue weighted by atomic mass is 10.3. The van der Waals surface area contributed by atoms with Crippen molar-refractivity contribution in [3.63, 3.8) is 0 Å². The number of ether oxygens (including phenoxy) is 2. The number of sulfone groups is 1. The average molecular weight is 439 g/mol. The fraction of sp³-hybridized carbons (Fsp3) is 0.263. The molecule has 10 heteroatoms. The molecule has 1 amide bonds. The predicted molar refractivity (Wildman–Crippen MR) is 107 cm³/mol. The molecule has 0 bridgehead atoms. The summed E-state index contributed by atoms with van der Waals surface area (Å²) in [7, 11) is -1.80. The van der Waals surface area contributed by atoms with Gasteiger partial charge in [-0.3, -0.25) is 4.79 Å². The standard InChI is InChI=1S/C19H19FN2O5S2/c1-26-10-9-22-15-8-7-13(29(2,24)25)11-17(15)28-19(22)21-18(23)12-27-16-6-4-3-5-14(16)20/h3-8,11H,9-10,12H2,1-2H3. The number of para-hydroxylation sites is 1. The minimum absolute atomic E-state index is 0.0301. The molecule has 154 valence electrons. The number of carbonyl (C=O) groups excluding carboxylic acids is 1. The first-order chi connectivity index (χ1) is 13.8. The molecule has 3 rings (SSSR count). The molecule has 0 radical (unpaired) electrons. The summed E-state index contributed by atoms with van der Waals surface area (Å²) < 4.78 is 50.0. The van der Waals surface area contributed by atoms with Crippen LogP contribution in [0.1, 0.15) is 0 Å². The highest BCUT2D eigenvalue weighted by atomic mass is 32.2. The second-order valence-electron chi connectivity index (χ2n) is 6.16. The third-order valence-electron chi connectivity index (χ3n) is 4.01. The van der Waals surface area contributed by atoms with Crippen molar-refractivity contribution < 1.29 is 27.1 Å². The summed E-state index contributed by atoms with van der Waals surface area (Å²) in [6.07, 6.45) is 1.13. The SMILES string of the molecule is COCCn1c(=NC(=O)COc2ccccc2F)sc2cc(S(C)(=O)=O)ccc21. The number of halogens is 1. The van der Waals surface area contributed by atoms with Gasteiger partial charge < -0.3 is 14.0 Å². The highest BCUT2D eigenvalue weighted by molar-refractivity contribution is 7.90. The van der Waals surface area contributed by atoms with Crippen LogP contribution in [0.5, 0.6) is 5.75 Å². The summed E-state index contributed by atoms with van der Waals surface area (Å²) >= 11 is 1.18. The Morgan fingerprint density at radius 2 is 2.00 bits per heavy atom. The third kappa shape index (κ3) is 5.08. The molecule has 0 fully saturated rings. The number of nitrogens with zero attached hydrogens (tertiary/aromatic N) is 2. The zero-order chi connectivity index (χ0) is 21.0. The molecule has 0 aliphatic carbocycles. The van der Waals surface area contributed by atoms with E-state index in [-0.39, 0.29) is 10.6 Å². The molecule has 0 saturated carbocycles. The van der Waals surface area contributed by atoms with Crippen LogP contribution in [-0.4, -0.2) is 45.5 Å². The van der Waals surface area contributed by atoms with Crippen LogP contribution in [0.15, 0.2) is 52.4 Å². The monoisotopic (exact) mass is 438 g/mol. The largest absolute Gasteiger partial charge is 0.481 e. The number of methoxy groups -OCH3 is 1. The third-order valence-corrected chi connectivity index (χ3v) is 6.16. The van der Waals surface area contributed by atoms with Gasteiger partial charge in [0.25, 0.3) is 5.91 Å². The van der Waals surface area contributed by atoms with E-state index in [0.717, 1.165) is 11.8 Å². The predicted octanol–water partition coefficient (Wildman–Crippen LogP) is 2.40. The van der Waals surface area contributed by atoms with E-state index >= 15 is 0 Å². The summed E-state index contributed by atoms with van der Waals surface area (Å²) in [5.41, 5.74) is 0.737. The van der Waals surface area contributed by atoms with E-state index in [1.54, 1.807) is 29.9 Å². The van der Waals surface area contributed by atoms with Crippen molar-refractivity contribution in [3.05, 3.63) is 53.1 Å². The van der Waals surface area contributed by atoms with Gasteiger partial charge in [0.2, 0.25) is 0 Å².